The van der Waals surface area contributed by atoms with E-state index in [1.165, 1.54) is 18.3 Å². The Balaban J connectivity index is 2.82. The van der Waals surface area contributed by atoms with E-state index in [0.717, 1.165) is 0 Å². The van der Waals surface area contributed by atoms with Crippen molar-refractivity contribution in [2.24, 2.45) is 5.73 Å². The summed E-state index contributed by atoms with van der Waals surface area (Å²) >= 11 is 0. The average molecular weight is 230 g/mol. The van der Waals surface area contributed by atoms with Crippen LogP contribution in [-0.4, -0.2) is 23.7 Å². The number of hydrogen-bond acceptors (Lipinski definition) is 4. The maximum absolute atomic E-state index is 13.4. The molecule has 0 spiro atoms. The first-order chi connectivity index (χ1) is 7.57. The molecule has 0 aromatic carbocycles. The zero-order chi connectivity index (χ0) is 12.1. The van der Waals surface area contributed by atoms with Crippen molar-refractivity contribution in [2.45, 2.75) is 19.1 Å². The fourth-order valence-electron chi connectivity index (χ4n) is 1.17. The Hall–Kier alpha value is -1.56. The number of esters is 1. The third-order valence-corrected chi connectivity index (χ3v) is 1.97. The van der Waals surface area contributed by atoms with E-state index in [1.807, 2.05) is 0 Å². The summed E-state index contributed by atoms with van der Waals surface area (Å²) in [7, 11) is 0. The van der Waals surface area contributed by atoms with Crippen molar-refractivity contribution in [3.8, 4) is 0 Å². The van der Waals surface area contributed by atoms with Gasteiger partial charge in [-0.2, -0.15) is 4.39 Å². The van der Waals surface area contributed by atoms with Gasteiger partial charge in [0.1, 0.15) is 0 Å². The molecule has 1 rings (SSSR count). The molecule has 0 bridgehead atoms. The van der Waals surface area contributed by atoms with Gasteiger partial charge in [0, 0.05) is 11.8 Å². The van der Waals surface area contributed by atoms with Gasteiger partial charge in [0.05, 0.1) is 12.6 Å². The van der Waals surface area contributed by atoms with Crippen LogP contribution < -0.4 is 5.73 Å². The van der Waals surface area contributed by atoms with Gasteiger partial charge in [-0.05, 0) is 13.0 Å². The Morgan fingerprint density at radius 2 is 2.38 bits per heavy atom. The molecule has 6 heteroatoms. The molecule has 0 fully saturated rings. The maximum Gasteiger partial charge on any atom is 0.342 e. The largest absolute Gasteiger partial charge is 0.464 e. The molecule has 1 aromatic rings. The van der Waals surface area contributed by atoms with Crippen LogP contribution in [0.3, 0.4) is 0 Å². The lowest BCUT2D eigenvalue weighted by Crippen LogP contribution is -2.32. The number of hydrogen-bond donors (Lipinski definition) is 1. The van der Waals surface area contributed by atoms with Crippen molar-refractivity contribution in [2.75, 3.05) is 6.61 Å². The Morgan fingerprint density at radius 3 is 2.94 bits per heavy atom. The predicted molar refractivity (Wildman–Crippen MR) is 52.7 cm³/mol. The third kappa shape index (κ3) is 2.73. The molecule has 0 aliphatic rings. The van der Waals surface area contributed by atoms with Gasteiger partial charge >= 0.3 is 5.97 Å². The smallest absolute Gasteiger partial charge is 0.342 e. The standard InChI is InChI=1S/C10H12F2N2O2/c1-2-16-10(15)7(11)8(13)6-4-3-5-14-9(6)12/h3-5,7-8H,2,13H2,1H3/t7?,8-/m0/s1. The lowest BCUT2D eigenvalue weighted by atomic mass is 10.1. The molecule has 0 aliphatic heterocycles. The Morgan fingerprint density at radius 1 is 1.69 bits per heavy atom. The zero-order valence-corrected chi connectivity index (χ0v) is 8.69. The number of rotatable bonds is 4. The first-order valence-corrected chi connectivity index (χ1v) is 4.74. The first kappa shape index (κ1) is 12.5. The van der Waals surface area contributed by atoms with Crippen LogP contribution >= 0.6 is 0 Å². The van der Waals surface area contributed by atoms with Gasteiger partial charge < -0.3 is 10.5 Å². The van der Waals surface area contributed by atoms with E-state index in [0.29, 0.717) is 0 Å². The number of nitrogens with two attached hydrogens (primary N) is 1. The van der Waals surface area contributed by atoms with E-state index in [9.17, 15) is 13.6 Å². The second-order valence-electron chi connectivity index (χ2n) is 3.06. The Labute approximate surface area is 91.4 Å². The second kappa shape index (κ2) is 5.50. The van der Waals surface area contributed by atoms with Crippen LogP contribution in [-0.2, 0) is 9.53 Å². The summed E-state index contributed by atoms with van der Waals surface area (Å²) in [5, 5.41) is 0. The van der Waals surface area contributed by atoms with Crippen LogP contribution in [0.1, 0.15) is 18.5 Å². The van der Waals surface area contributed by atoms with Crippen molar-refractivity contribution in [1.82, 2.24) is 4.98 Å². The van der Waals surface area contributed by atoms with E-state index < -0.39 is 24.1 Å². The molecule has 0 amide bonds. The van der Waals surface area contributed by atoms with Gasteiger partial charge in [0.2, 0.25) is 12.1 Å². The normalized spacial score (nSPS) is 14.2. The summed E-state index contributed by atoms with van der Waals surface area (Å²) in [4.78, 5) is 14.4. The van der Waals surface area contributed by atoms with Gasteiger partial charge in [-0.25, -0.2) is 14.2 Å². The van der Waals surface area contributed by atoms with Crippen LogP contribution in [0.2, 0.25) is 0 Å². The highest BCUT2D eigenvalue weighted by atomic mass is 19.1. The summed E-state index contributed by atoms with van der Waals surface area (Å²) in [6.07, 6.45) is -0.887. The topological polar surface area (TPSA) is 65.2 Å². The summed E-state index contributed by atoms with van der Waals surface area (Å²) < 4.78 is 31.0. The summed E-state index contributed by atoms with van der Waals surface area (Å²) in [5.41, 5.74) is 5.26. The molecular weight excluding hydrogens is 218 g/mol. The number of alkyl halides is 1. The molecule has 4 nitrogen and oxygen atoms in total. The summed E-state index contributed by atoms with van der Waals surface area (Å²) in [6, 6.07) is 1.28. The fraction of sp³-hybridized carbons (Fsp3) is 0.400. The Kier molecular flexibility index (Phi) is 4.30. The molecule has 0 saturated heterocycles. The minimum absolute atomic E-state index is 0.0431. The van der Waals surface area contributed by atoms with Crippen molar-refractivity contribution < 1.29 is 18.3 Å². The molecule has 1 unspecified atom stereocenters. The first-order valence-electron chi connectivity index (χ1n) is 4.74. The number of nitrogens with zero attached hydrogens (tertiary/aromatic N) is 1. The number of carbonyl (C=O) groups is 1. The quantitative estimate of drug-likeness (QED) is 0.621. The molecule has 0 radical (unpaired) electrons. The van der Waals surface area contributed by atoms with E-state index >= 15 is 0 Å². The van der Waals surface area contributed by atoms with Crippen LogP contribution in [0.4, 0.5) is 8.78 Å². The SMILES string of the molecule is CCOC(=O)C(F)[C@@H](N)c1cccnc1F. The molecule has 0 saturated carbocycles. The Bertz CT molecular complexity index is 374. The molecule has 2 atom stereocenters. The highest BCUT2D eigenvalue weighted by molar-refractivity contribution is 5.75. The number of pyridine rings is 1. The van der Waals surface area contributed by atoms with E-state index in [4.69, 9.17) is 5.73 Å². The van der Waals surface area contributed by atoms with Crippen molar-refractivity contribution >= 4 is 5.97 Å². The second-order valence-corrected chi connectivity index (χ2v) is 3.06. The third-order valence-electron chi connectivity index (χ3n) is 1.97. The van der Waals surface area contributed by atoms with Gasteiger partial charge in [0.15, 0.2) is 0 Å². The van der Waals surface area contributed by atoms with Crippen molar-refractivity contribution in [3.05, 3.63) is 29.8 Å². The van der Waals surface area contributed by atoms with Crippen LogP contribution in [0.25, 0.3) is 0 Å². The number of ether oxygens (including phenoxy) is 1. The minimum atomic E-state index is -2.10. The molecule has 16 heavy (non-hydrogen) atoms. The monoisotopic (exact) mass is 230 g/mol. The van der Waals surface area contributed by atoms with Crippen LogP contribution in [0, 0.1) is 5.95 Å². The lowest BCUT2D eigenvalue weighted by Gasteiger charge is -2.15. The fourth-order valence-corrected chi connectivity index (χ4v) is 1.17. The number of halogens is 2. The zero-order valence-electron chi connectivity index (χ0n) is 8.69. The maximum atomic E-state index is 13.4. The lowest BCUT2D eigenvalue weighted by molar-refractivity contribution is -0.149. The van der Waals surface area contributed by atoms with Crippen molar-refractivity contribution in [1.29, 1.82) is 0 Å². The molecular formula is C10H12F2N2O2. The van der Waals surface area contributed by atoms with Gasteiger partial charge in [-0.15, -0.1) is 0 Å². The predicted octanol–water partition coefficient (Wildman–Crippen LogP) is 1.12. The molecule has 1 heterocycles. The van der Waals surface area contributed by atoms with Crippen molar-refractivity contribution in [3.63, 3.8) is 0 Å². The highest BCUT2D eigenvalue weighted by Gasteiger charge is 2.29. The van der Waals surface area contributed by atoms with E-state index in [2.05, 4.69) is 9.72 Å². The number of aromatic nitrogens is 1. The summed E-state index contributed by atoms with van der Waals surface area (Å²) in [6.45, 7) is 1.59. The number of carbonyl (C=O) groups excluding carboxylic acids is 1. The van der Waals surface area contributed by atoms with Crippen LogP contribution in [0.5, 0.6) is 0 Å². The highest BCUT2D eigenvalue weighted by Crippen LogP contribution is 2.19. The molecule has 0 aliphatic carbocycles. The van der Waals surface area contributed by atoms with E-state index in [1.54, 1.807) is 6.92 Å². The van der Waals surface area contributed by atoms with Gasteiger partial charge in [-0.3, -0.25) is 0 Å². The minimum Gasteiger partial charge on any atom is -0.464 e. The average Bonchev–Trinajstić information content (AvgIpc) is 2.28. The van der Waals surface area contributed by atoms with E-state index in [-0.39, 0.29) is 12.2 Å². The summed E-state index contributed by atoms with van der Waals surface area (Å²) in [5.74, 6) is -1.99. The van der Waals surface area contributed by atoms with Crippen LogP contribution in [0.15, 0.2) is 18.3 Å². The molecule has 2 N–H and O–H groups in total. The molecule has 88 valence electrons. The molecule has 1 aromatic heterocycles. The van der Waals surface area contributed by atoms with Gasteiger partial charge in [-0.1, -0.05) is 6.07 Å². The van der Waals surface area contributed by atoms with Gasteiger partial charge in [0.25, 0.3) is 0 Å².